The van der Waals surface area contributed by atoms with Gasteiger partial charge in [0.25, 0.3) is 0 Å². The molecule has 3 N–H and O–H groups in total. The van der Waals surface area contributed by atoms with Crippen molar-refractivity contribution in [1.29, 1.82) is 0 Å². The normalized spacial score (nSPS) is 12.1. The summed E-state index contributed by atoms with van der Waals surface area (Å²) in [5.74, 6) is 0.966. The Balaban J connectivity index is 2.98. The number of hydrogen-bond donors (Lipinski definition) is 2. The molecule has 0 bridgehead atoms. The average Bonchev–Trinajstić information content (AvgIpc) is 2.26. The zero-order chi connectivity index (χ0) is 12.1. The van der Waals surface area contributed by atoms with Gasteiger partial charge in [-0.1, -0.05) is 19.0 Å². The summed E-state index contributed by atoms with van der Waals surface area (Å²) in [6.45, 7) is 4.19. The van der Waals surface area contributed by atoms with Crippen LogP contribution < -0.4 is 5.73 Å². The lowest BCUT2D eigenvalue weighted by Crippen LogP contribution is -2.14. The molecule has 0 saturated heterocycles. The first-order valence-electron chi connectivity index (χ1n) is 4.95. The maximum absolute atomic E-state index is 13.0. The molecule has 0 spiro atoms. The highest BCUT2D eigenvalue weighted by atomic mass is 32.2. The summed E-state index contributed by atoms with van der Waals surface area (Å²) in [5.41, 5.74) is 5.93. The van der Waals surface area contributed by atoms with Crippen molar-refractivity contribution in [1.82, 2.24) is 0 Å². The summed E-state index contributed by atoms with van der Waals surface area (Å²) in [5, 5.41) is 11.5. The summed E-state index contributed by atoms with van der Waals surface area (Å²) in [6.07, 6.45) is 0. The van der Waals surface area contributed by atoms with Gasteiger partial charge in [-0.05, 0) is 24.1 Å². The molecule has 0 aliphatic carbocycles. The van der Waals surface area contributed by atoms with Gasteiger partial charge in [-0.3, -0.25) is 0 Å². The summed E-state index contributed by atoms with van der Waals surface area (Å²) < 4.78 is 13.0. The highest BCUT2D eigenvalue weighted by Crippen LogP contribution is 2.25. The number of nitrogens with zero attached hydrogens (tertiary/aromatic N) is 1. The third-order valence-electron chi connectivity index (χ3n) is 1.90. The number of amidine groups is 1. The second-order valence-electron chi connectivity index (χ2n) is 3.83. The Bertz CT molecular complexity index is 394. The minimum absolute atomic E-state index is 0.0641. The van der Waals surface area contributed by atoms with Crippen LogP contribution in [0, 0.1) is 11.7 Å². The summed E-state index contributed by atoms with van der Waals surface area (Å²) >= 11 is 1.57. The van der Waals surface area contributed by atoms with E-state index in [2.05, 4.69) is 19.0 Å². The molecule has 0 aliphatic rings. The van der Waals surface area contributed by atoms with Gasteiger partial charge in [-0.15, -0.1) is 11.8 Å². The lowest BCUT2D eigenvalue weighted by molar-refractivity contribution is 0.318. The number of thioether (sulfide) groups is 1. The van der Waals surface area contributed by atoms with Crippen LogP contribution in [0.4, 0.5) is 4.39 Å². The lowest BCUT2D eigenvalue weighted by atomic mass is 10.2. The standard InChI is InChI=1S/C11H15FN2OS/c1-7(2)6-16-10-4-3-8(12)5-9(10)11(13)14-15/h3-5,7,15H,6H2,1-2H3,(H2,13,14). The molecule has 0 aromatic heterocycles. The van der Waals surface area contributed by atoms with Gasteiger partial charge in [0, 0.05) is 16.2 Å². The Kier molecular flexibility index (Phi) is 4.61. The van der Waals surface area contributed by atoms with Crippen molar-refractivity contribution in [3.63, 3.8) is 0 Å². The van der Waals surface area contributed by atoms with Crippen LogP contribution in [-0.2, 0) is 0 Å². The van der Waals surface area contributed by atoms with E-state index in [4.69, 9.17) is 10.9 Å². The van der Waals surface area contributed by atoms with Gasteiger partial charge in [0.2, 0.25) is 0 Å². The van der Waals surface area contributed by atoms with Crippen molar-refractivity contribution in [2.45, 2.75) is 18.7 Å². The lowest BCUT2D eigenvalue weighted by Gasteiger charge is -2.09. The predicted molar refractivity (Wildman–Crippen MR) is 64.5 cm³/mol. The third kappa shape index (κ3) is 3.41. The molecule has 0 aliphatic heterocycles. The molecular formula is C11H15FN2OS. The van der Waals surface area contributed by atoms with Crippen molar-refractivity contribution >= 4 is 17.6 Å². The van der Waals surface area contributed by atoms with Crippen LogP contribution in [0.15, 0.2) is 28.3 Å². The molecule has 3 nitrogen and oxygen atoms in total. The molecule has 0 unspecified atom stereocenters. The van der Waals surface area contributed by atoms with E-state index in [1.165, 1.54) is 12.1 Å². The molecular weight excluding hydrogens is 227 g/mol. The van der Waals surface area contributed by atoms with E-state index in [1.54, 1.807) is 17.8 Å². The molecule has 1 rings (SSSR count). The van der Waals surface area contributed by atoms with Crippen LogP contribution in [0.2, 0.25) is 0 Å². The molecule has 0 saturated carbocycles. The van der Waals surface area contributed by atoms with Gasteiger partial charge in [0.1, 0.15) is 5.82 Å². The second kappa shape index (κ2) is 5.75. The molecule has 0 heterocycles. The molecule has 1 aromatic rings. The number of nitrogens with two attached hydrogens (primary N) is 1. The van der Waals surface area contributed by atoms with Crippen LogP contribution in [0.1, 0.15) is 19.4 Å². The van der Waals surface area contributed by atoms with Crippen molar-refractivity contribution in [2.24, 2.45) is 16.8 Å². The molecule has 0 atom stereocenters. The van der Waals surface area contributed by atoms with E-state index >= 15 is 0 Å². The number of oxime groups is 1. The fourth-order valence-electron chi connectivity index (χ4n) is 1.14. The zero-order valence-electron chi connectivity index (χ0n) is 9.27. The van der Waals surface area contributed by atoms with Gasteiger partial charge in [0.15, 0.2) is 5.84 Å². The van der Waals surface area contributed by atoms with Crippen LogP contribution >= 0.6 is 11.8 Å². The van der Waals surface area contributed by atoms with Crippen molar-refractivity contribution in [3.8, 4) is 0 Å². The summed E-state index contributed by atoms with van der Waals surface area (Å²) in [4.78, 5) is 0.824. The van der Waals surface area contributed by atoms with Gasteiger partial charge in [-0.2, -0.15) is 0 Å². The topological polar surface area (TPSA) is 58.6 Å². The van der Waals surface area contributed by atoms with Gasteiger partial charge < -0.3 is 10.9 Å². The molecule has 0 radical (unpaired) electrons. The summed E-state index contributed by atoms with van der Waals surface area (Å²) in [6, 6.07) is 4.30. The van der Waals surface area contributed by atoms with E-state index < -0.39 is 5.82 Å². The molecule has 0 fully saturated rings. The molecule has 1 aromatic carbocycles. The Morgan fingerprint density at radius 1 is 1.56 bits per heavy atom. The van der Waals surface area contributed by atoms with Crippen LogP contribution in [0.3, 0.4) is 0 Å². The quantitative estimate of drug-likeness (QED) is 0.280. The minimum atomic E-state index is -0.393. The Hall–Kier alpha value is -1.23. The smallest absolute Gasteiger partial charge is 0.171 e. The second-order valence-corrected chi connectivity index (χ2v) is 4.89. The van der Waals surface area contributed by atoms with E-state index in [9.17, 15) is 4.39 Å². The van der Waals surface area contributed by atoms with Crippen molar-refractivity contribution < 1.29 is 9.60 Å². The van der Waals surface area contributed by atoms with Crippen LogP contribution in [0.25, 0.3) is 0 Å². The van der Waals surface area contributed by atoms with Crippen molar-refractivity contribution in [3.05, 3.63) is 29.6 Å². The molecule has 5 heteroatoms. The monoisotopic (exact) mass is 242 g/mol. The van der Waals surface area contributed by atoms with E-state index in [1.807, 2.05) is 0 Å². The third-order valence-corrected chi connectivity index (χ3v) is 3.40. The first-order chi connectivity index (χ1) is 7.54. The number of benzene rings is 1. The maximum atomic E-state index is 13.0. The number of hydrogen-bond acceptors (Lipinski definition) is 3. The van der Waals surface area contributed by atoms with Crippen LogP contribution in [0.5, 0.6) is 0 Å². The first kappa shape index (κ1) is 12.8. The Labute approximate surface area is 98.5 Å². The number of halogens is 1. The molecule has 0 amide bonds. The van der Waals surface area contributed by atoms with Gasteiger partial charge >= 0.3 is 0 Å². The zero-order valence-corrected chi connectivity index (χ0v) is 10.1. The SMILES string of the molecule is CC(C)CSc1ccc(F)cc1C(N)=NO. The first-order valence-corrected chi connectivity index (χ1v) is 5.93. The van der Waals surface area contributed by atoms with Gasteiger partial charge in [0.05, 0.1) is 0 Å². The Morgan fingerprint density at radius 2 is 2.25 bits per heavy atom. The summed E-state index contributed by atoms with van der Waals surface area (Å²) in [7, 11) is 0. The van der Waals surface area contributed by atoms with Gasteiger partial charge in [-0.25, -0.2) is 4.39 Å². The minimum Gasteiger partial charge on any atom is -0.409 e. The fraction of sp³-hybridized carbons (Fsp3) is 0.364. The molecule has 88 valence electrons. The maximum Gasteiger partial charge on any atom is 0.171 e. The number of rotatable bonds is 4. The van der Waals surface area contributed by atoms with E-state index in [-0.39, 0.29) is 5.84 Å². The highest BCUT2D eigenvalue weighted by molar-refractivity contribution is 7.99. The highest BCUT2D eigenvalue weighted by Gasteiger charge is 2.09. The van der Waals surface area contributed by atoms with Crippen LogP contribution in [-0.4, -0.2) is 16.8 Å². The van der Waals surface area contributed by atoms with E-state index in [0.717, 1.165) is 10.6 Å². The van der Waals surface area contributed by atoms with E-state index in [0.29, 0.717) is 11.5 Å². The average molecular weight is 242 g/mol. The van der Waals surface area contributed by atoms with Crippen molar-refractivity contribution in [2.75, 3.05) is 5.75 Å². The largest absolute Gasteiger partial charge is 0.409 e. The predicted octanol–water partition coefficient (Wildman–Crippen LogP) is 2.67. The fourth-order valence-corrected chi connectivity index (χ4v) is 2.13. The Morgan fingerprint density at radius 3 is 2.81 bits per heavy atom. The molecule has 16 heavy (non-hydrogen) atoms.